The number of alkyl halides is 3. The number of rotatable bonds is 4. The summed E-state index contributed by atoms with van der Waals surface area (Å²) in [7, 11) is 0. The van der Waals surface area contributed by atoms with E-state index in [2.05, 4.69) is 18.7 Å². The van der Waals surface area contributed by atoms with E-state index in [1.54, 1.807) is 0 Å². The first-order valence-electron chi connectivity index (χ1n) is 11.0. The Labute approximate surface area is 185 Å². The molecule has 184 valence electrons. The van der Waals surface area contributed by atoms with Crippen molar-refractivity contribution >= 4 is 17.8 Å². The molecule has 2 aliphatic heterocycles. The molecule has 2 heterocycles. The van der Waals surface area contributed by atoms with Gasteiger partial charge in [-0.25, -0.2) is 4.79 Å². The van der Waals surface area contributed by atoms with Crippen molar-refractivity contribution in [2.24, 2.45) is 17.3 Å². The van der Waals surface area contributed by atoms with Gasteiger partial charge < -0.3 is 19.8 Å². The molecule has 1 aliphatic carbocycles. The number of hydrogen-bond acceptors (Lipinski definition) is 6. The van der Waals surface area contributed by atoms with Crippen LogP contribution in [0.2, 0.25) is 0 Å². The zero-order chi connectivity index (χ0) is 24.3. The van der Waals surface area contributed by atoms with Gasteiger partial charge >= 0.3 is 18.1 Å². The molecular weight excluding hydrogens is 433 g/mol. The van der Waals surface area contributed by atoms with Gasteiger partial charge in [0.15, 0.2) is 0 Å². The van der Waals surface area contributed by atoms with Crippen LogP contribution < -0.4 is 0 Å². The molecule has 0 spiro atoms. The molecule has 0 aromatic rings. The number of likely N-dealkylation sites (tertiary alicyclic amines) is 2. The summed E-state index contributed by atoms with van der Waals surface area (Å²) in [6.07, 6.45) is -2.61. The van der Waals surface area contributed by atoms with Crippen LogP contribution in [-0.4, -0.2) is 89.0 Å². The summed E-state index contributed by atoms with van der Waals surface area (Å²) in [5, 5.41) is 16.6. The van der Waals surface area contributed by atoms with Gasteiger partial charge in [0.1, 0.15) is 0 Å². The fourth-order valence-corrected chi connectivity index (χ4v) is 4.72. The molecule has 0 bridgehead atoms. The SMILES string of the molecule is CCOC(=O)[C@]12CCCN(C(=O)C3CC(O)C3)C[C@H]1CN(C(C)C)C2.O=C(O)C(F)(F)F. The Balaban J connectivity index is 0.000000451. The third-order valence-corrected chi connectivity index (χ3v) is 6.64. The molecule has 2 saturated heterocycles. The molecule has 3 aliphatic rings. The summed E-state index contributed by atoms with van der Waals surface area (Å²) < 4.78 is 37.2. The third-order valence-electron chi connectivity index (χ3n) is 6.64. The molecular formula is C21H33F3N2O6. The number of halogens is 3. The summed E-state index contributed by atoms with van der Waals surface area (Å²) in [6.45, 7) is 9.49. The van der Waals surface area contributed by atoms with E-state index in [9.17, 15) is 27.9 Å². The van der Waals surface area contributed by atoms with E-state index in [-0.39, 0.29) is 29.8 Å². The highest BCUT2D eigenvalue weighted by atomic mass is 19.4. The molecule has 0 radical (unpaired) electrons. The lowest BCUT2D eigenvalue weighted by Crippen LogP contribution is -2.47. The second kappa shape index (κ2) is 10.4. The maximum Gasteiger partial charge on any atom is 0.490 e. The summed E-state index contributed by atoms with van der Waals surface area (Å²) in [4.78, 5) is 38.8. The molecule has 0 unspecified atom stereocenters. The lowest BCUT2D eigenvalue weighted by molar-refractivity contribution is -0.192. The number of carbonyl (C=O) groups excluding carboxylic acids is 2. The van der Waals surface area contributed by atoms with Crippen molar-refractivity contribution in [2.45, 2.75) is 64.8 Å². The number of nitrogens with zero attached hydrogens (tertiary/aromatic N) is 2. The van der Waals surface area contributed by atoms with E-state index in [4.69, 9.17) is 14.6 Å². The largest absolute Gasteiger partial charge is 0.490 e. The van der Waals surface area contributed by atoms with Gasteiger partial charge in [0.05, 0.1) is 18.1 Å². The van der Waals surface area contributed by atoms with E-state index in [1.807, 2.05) is 11.8 Å². The zero-order valence-electron chi connectivity index (χ0n) is 18.7. The van der Waals surface area contributed by atoms with Gasteiger partial charge in [-0.05, 0) is 46.5 Å². The van der Waals surface area contributed by atoms with Crippen molar-refractivity contribution in [3.8, 4) is 0 Å². The maximum absolute atomic E-state index is 12.9. The monoisotopic (exact) mass is 466 g/mol. The van der Waals surface area contributed by atoms with Gasteiger partial charge in [-0.15, -0.1) is 0 Å². The van der Waals surface area contributed by atoms with Crippen LogP contribution in [0.3, 0.4) is 0 Å². The van der Waals surface area contributed by atoms with Crippen molar-refractivity contribution < 1.29 is 42.5 Å². The summed E-state index contributed by atoms with van der Waals surface area (Å²) in [5.41, 5.74) is -0.478. The minimum atomic E-state index is -5.08. The predicted octanol–water partition coefficient (Wildman–Crippen LogP) is 1.90. The molecule has 2 atom stereocenters. The number of aliphatic hydroxyl groups excluding tert-OH is 1. The molecule has 32 heavy (non-hydrogen) atoms. The van der Waals surface area contributed by atoms with Gasteiger partial charge in [0, 0.05) is 44.1 Å². The van der Waals surface area contributed by atoms with E-state index in [1.165, 1.54) is 0 Å². The molecule has 3 rings (SSSR count). The highest BCUT2D eigenvalue weighted by molar-refractivity contribution is 5.81. The third kappa shape index (κ3) is 5.92. The van der Waals surface area contributed by atoms with Crippen LogP contribution in [0.1, 0.15) is 46.5 Å². The van der Waals surface area contributed by atoms with Crippen LogP contribution in [0.4, 0.5) is 13.2 Å². The van der Waals surface area contributed by atoms with Crippen LogP contribution in [0, 0.1) is 17.3 Å². The van der Waals surface area contributed by atoms with E-state index >= 15 is 0 Å². The standard InChI is InChI=1S/C19H32N2O4.C2HF3O2/c1-4-25-18(24)19-6-5-7-20(17(23)14-8-16(22)9-14)10-15(19)11-21(12-19)13(2)3;3-2(4,5)1(6)7/h13-16,22H,4-12H2,1-3H3;(H,6,7)/t14?,15-,16?,19-;/m0./s1. The first-order chi connectivity index (χ1) is 14.8. The molecule has 2 N–H and O–H groups in total. The van der Waals surface area contributed by atoms with Crippen molar-refractivity contribution in [2.75, 3.05) is 32.8 Å². The minimum Gasteiger partial charge on any atom is -0.475 e. The van der Waals surface area contributed by atoms with Crippen LogP contribution in [0.15, 0.2) is 0 Å². The second-order valence-corrected chi connectivity index (χ2v) is 9.11. The molecule has 11 heteroatoms. The Kier molecular flexibility index (Phi) is 8.55. The maximum atomic E-state index is 12.9. The number of ether oxygens (including phenoxy) is 1. The number of carboxylic acids is 1. The Morgan fingerprint density at radius 2 is 1.78 bits per heavy atom. The minimum absolute atomic E-state index is 0.0345. The van der Waals surface area contributed by atoms with Crippen LogP contribution in [-0.2, 0) is 19.1 Å². The van der Waals surface area contributed by atoms with Crippen molar-refractivity contribution in [1.29, 1.82) is 0 Å². The molecule has 0 aromatic carbocycles. The number of fused-ring (bicyclic) bond motifs is 1. The first kappa shape index (κ1) is 26.4. The normalized spacial score (nSPS) is 30.5. The highest BCUT2D eigenvalue weighted by Gasteiger charge is 2.55. The lowest BCUT2D eigenvalue weighted by Gasteiger charge is -2.36. The van der Waals surface area contributed by atoms with Gasteiger partial charge in [0.2, 0.25) is 5.91 Å². The number of aliphatic hydroxyl groups is 1. The number of amides is 1. The van der Waals surface area contributed by atoms with Crippen LogP contribution >= 0.6 is 0 Å². The Bertz CT molecular complexity index is 696. The average Bonchev–Trinajstić information content (AvgIpc) is 2.94. The first-order valence-corrected chi connectivity index (χ1v) is 11.0. The van der Waals surface area contributed by atoms with E-state index in [0.717, 1.165) is 25.9 Å². The van der Waals surface area contributed by atoms with Crippen molar-refractivity contribution in [3.63, 3.8) is 0 Å². The van der Waals surface area contributed by atoms with Crippen molar-refractivity contribution in [1.82, 2.24) is 9.80 Å². The smallest absolute Gasteiger partial charge is 0.475 e. The van der Waals surface area contributed by atoms with Gasteiger partial charge in [-0.3, -0.25) is 14.5 Å². The van der Waals surface area contributed by atoms with Crippen LogP contribution in [0.5, 0.6) is 0 Å². The Morgan fingerprint density at radius 3 is 2.25 bits per heavy atom. The summed E-state index contributed by atoms with van der Waals surface area (Å²) in [5.74, 6) is -2.59. The van der Waals surface area contributed by atoms with Crippen molar-refractivity contribution in [3.05, 3.63) is 0 Å². The molecule has 1 saturated carbocycles. The molecule has 1 amide bonds. The molecule has 3 fully saturated rings. The average molecular weight is 466 g/mol. The Morgan fingerprint density at radius 1 is 1.19 bits per heavy atom. The van der Waals surface area contributed by atoms with E-state index in [0.29, 0.717) is 38.6 Å². The topological polar surface area (TPSA) is 107 Å². The zero-order valence-corrected chi connectivity index (χ0v) is 18.7. The lowest BCUT2D eigenvalue weighted by atomic mass is 9.75. The summed E-state index contributed by atoms with van der Waals surface area (Å²) >= 11 is 0. The number of hydrogen-bond donors (Lipinski definition) is 2. The van der Waals surface area contributed by atoms with Gasteiger partial charge in [0.25, 0.3) is 0 Å². The number of carbonyl (C=O) groups is 3. The van der Waals surface area contributed by atoms with Gasteiger partial charge in [-0.2, -0.15) is 13.2 Å². The quantitative estimate of drug-likeness (QED) is 0.610. The second-order valence-electron chi connectivity index (χ2n) is 9.11. The molecule has 0 aromatic heterocycles. The fraction of sp³-hybridized carbons (Fsp3) is 0.857. The number of aliphatic carboxylic acids is 1. The predicted molar refractivity (Wildman–Crippen MR) is 108 cm³/mol. The summed E-state index contributed by atoms with van der Waals surface area (Å²) in [6, 6.07) is 0.379. The highest BCUT2D eigenvalue weighted by Crippen LogP contribution is 2.45. The number of carboxylic acid groups (broad SMARTS) is 1. The molecule has 8 nitrogen and oxygen atoms in total. The van der Waals surface area contributed by atoms with E-state index < -0.39 is 17.6 Å². The number of esters is 1. The fourth-order valence-electron chi connectivity index (χ4n) is 4.72. The van der Waals surface area contributed by atoms with Crippen LogP contribution in [0.25, 0.3) is 0 Å². The van der Waals surface area contributed by atoms with Gasteiger partial charge in [-0.1, -0.05) is 0 Å². The Hall–Kier alpha value is -1.88.